The van der Waals surface area contributed by atoms with E-state index in [9.17, 15) is 5.11 Å². The number of aliphatic hydroxyl groups is 1. The molecule has 2 atom stereocenters. The lowest BCUT2D eigenvalue weighted by Gasteiger charge is -2.20. The van der Waals surface area contributed by atoms with Crippen LogP contribution >= 0.6 is 0 Å². The Balaban J connectivity index is 1.82. The standard InChI is InChI=1S/C17H23NO2/c1-13-5-8-15(9-6-13)10-7-14(2)18-16(12-19)17-4-3-11-20-17/h3-6,8-9,11,14,16,18-19H,7,10,12H2,1-2H3. The minimum atomic E-state index is -0.127. The Labute approximate surface area is 120 Å². The molecular formula is C17H23NO2. The number of nitrogens with one attached hydrogen (secondary N) is 1. The molecule has 108 valence electrons. The van der Waals surface area contributed by atoms with E-state index in [0.29, 0.717) is 6.04 Å². The largest absolute Gasteiger partial charge is 0.468 e. The molecule has 0 aliphatic carbocycles. The first-order valence-corrected chi connectivity index (χ1v) is 7.15. The lowest BCUT2D eigenvalue weighted by atomic mass is 10.0. The molecule has 3 heteroatoms. The molecule has 2 rings (SSSR count). The molecule has 3 nitrogen and oxygen atoms in total. The van der Waals surface area contributed by atoms with E-state index in [0.717, 1.165) is 18.6 Å². The fraction of sp³-hybridized carbons (Fsp3) is 0.412. The summed E-state index contributed by atoms with van der Waals surface area (Å²) in [5, 5.41) is 12.8. The second-order valence-electron chi connectivity index (χ2n) is 5.34. The van der Waals surface area contributed by atoms with Gasteiger partial charge in [-0.2, -0.15) is 0 Å². The van der Waals surface area contributed by atoms with E-state index in [2.05, 4.69) is 43.4 Å². The predicted octanol–water partition coefficient (Wildman–Crippen LogP) is 3.23. The number of aliphatic hydroxyl groups excluding tert-OH is 1. The van der Waals surface area contributed by atoms with Gasteiger partial charge in [0.05, 0.1) is 18.9 Å². The van der Waals surface area contributed by atoms with Crippen molar-refractivity contribution in [1.29, 1.82) is 0 Å². The van der Waals surface area contributed by atoms with Crippen molar-refractivity contribution < 1.29 is 9.52 Å². The summed E-state index contributed by atoms with van der Waals surface area (Å²) in [7, 11) is 0. The summed E-state index contributed by atoms with van der Waals surface area (Å²) in [4.78, 5) is 0. The Morgan fingerprint density at radius 3 is 2.55 bits per heavy atom. The molecule has 0 bridgehead atoms. The molecule has 2 aromatic rings. The van der Waals surface area contributed by atoms with Gasteiger partial charge in [-0.1, -0.05) is 29.8 Å². The van der Waals surface area contributed by atoms with E-state index >= 15 is 0 Å². The third kappa shape index (κ3) is 4.22. The monoisotopic (exact) mass is 273 g/mol. The fourth-order valence-electron chi connectivity index (χ4n) is 2.28. The van der Waals surface area contributed by atoms with E-state index in [4.69, 9.17) is 4.42 Å². The predicted molar refractivity (Wildman–Crippen MR) is 80.6 cm³/mol. The third-order valence-electron chi connectivity index (χ3n) is 3.54. The summed E-state index contributed by atoms with van der Waals surface area (Å²) in [5.74, 6) is 0.787. The first-order chi connectivity index (χ1) is 9.69. The Morgan fingerprint density at radius 2 is 1.95 bits per heavy atom. The van der Waals surface area contributed by atoms with Crippen LogP contribution in [0.5, 0.6) is 0 Å². The van der Waals surface area contributed by atoms with Gasteiger partial charge >= 0.3 is 0 Å². The Bertz CT molecular complexity index is 490. The fourth-order valence-corrected chi connectivity index (χ4v) is 2.28. The summed E-state index contributed by atoms with van der Waals surface area (Å²) in [6.07, 6.45) is 3.70. The maximum atomic E-state index is 9.44. The van der Waals surface area contributed by atoms with Crippen LogP contribution in [0.2, 0.25) is 0 Å². The van der Waals surface area contributed by atoms with Crippen LogP contribution in [0.1, 0.15) is 36.3 Å². The number of hydrogen-bond acceptors (Lipinski definition) is 3. The van der Waals surface area contributed by atoms with Crippen LogP contribution < -0.4 is 5.32 Å². The molecule has 0 saturated heterocycles. The quantitative estimate of drug-likeness (QED) is 0.814. The van der Waals surface area contributed by atoms with Crippen molar-refractivity contribution in [2.24, 2.45) is 0 Å². The number of aryl methyl sites for hydroxylation is 2. The van der Waals surface area contributed by atoms with Gasteiger partial charge in [0.2, 0.25) is 0 Å². The second-order valence-corrected chi connectivity index (χ2v) is 5.34. The zero-order valence-corrected chi connectivity index (χ0v) is 12.2. The topological polar surface area (TPSA) is 45.4 Å². The van der Waals surface area contributed by atoms with Crippen molar-refractivity contribution in [2.45, 2.75) is 38.8 Å². The molecule has 0 saturated carbocycles. The van der Waals surface area contributed by atoms with E-state index in [1.807, 2.05) is 12.1 Å². The molecule has 2 unspecified atom stereocenters. The van der Waals surface area contributed by atoms with Gasteiger partial charge in [0.1, 0.15) is 5.76 Å². The molecule has 0 aliphatic rings. The van der Waals surface area contributed by atoms with E-state index in [1.54, 1.807) is 6.26 Å². The third-order valence-corrected chi connectivity index (χ3v) is 3.54. The Morgan fingerprint density at radius 1 is 1.20 bits per heavy atom. The minimum absolute atomic E-state index is 0.0440. The maximum absolute atomic E-state index is 9.44. The van der Waals surface area contributed by atoms with Gasteiger partial charge in [-0.25, -0.2) is 0 Å². The molecule has 0 radical (unpaired) electrons. The normalized spacial score (nSPS) is 14.2. The lowest BCUT2D eigenvalue weighted by molar-refractivity contribution is 0.215. The van der Waals surface area contributed by atoms with Crippen LogP contribution in [-0.4, -0.2) is 17.8 Å². The summed E-state index contributed by atoms with van der Waals surface area (Å²) < 4.78 is 5.34. The maximum Gasteiger partial charge on any atom is 0.123 e. The molecule has 1 heterocycles. The number of benzene rings is 1. The molecule has 20 heavy (non-hydrogen) atoms. The Kier molecular flexibility index (Phi) is 5.39. The highest BCUT2D eigenvalue weighted by atomic mass is 16.3. The van der Waals surface area contributed by atoms with E-state index in [1.165, 1.54) is 11.1 Å². The van der Waals surface area contributed by atoms with Crippen molar-refractivity contribution in [2.75, 3.05) is 6.61 Å². The average molecular weight is 273 g/mol. The van der Waals surface area contributed by atoms with Crippen molar-refractivity contribution in [3.8, 4) is 0 Å². The first-order valence-electron chi connectivity index (χ1n) is 7.15. The minimum Gasteiger partial charge on any atom is -0.468 e. The van der Waals surface area contributed by atoms with Gasteiger partial charge in [-0.05, 0) is 44.4 Å². The van der Waals surface area contributed by atoms with Crippen molar-refractivity contribution in [3.05, 3.63) is 59.5 Å². The zero-order valence-electron chi connectivity index (χ0n) is 12.2. The van der Waals surface area contributed by atoms with Gasteiger partial charge in [0, 0.05) is 6.04 Å². The van der Waals surface area contributed by atoms with Gasteiger partial charge < -0.3 is 14.8 Å². The summed E-state index contributed by atoms with van der Waals surface area (Å²) in [6.45, 7) is 4.28. The van der Waals surface area contributed by atoms with Crippen molar-refractivity contribution >= 4 is 0 Å². The van der Waals surface area contributed by atoms with Crippen LogP contribution in [0.4, 0.5) is 0 Å². The molecule has 0 spiro atoms. The molecule has 1 aromatic carbocycles. The van der Waals surface area contributed by atoms with Crippen molar-refractivity contribution in [1.82, 2.24) is 5.32 Å². The molecule has 2 N–H and O–H groups in total. The molecular weight excluding hydrogens is 250 g/mol. The van der Waals surface area contributed by atoms with Crippen molar-refractivity contribution in [3.63, 3.8) is 0 Å². The smallest absolute Gasteiger partial charge is 0.123 e. The SMILES string of the molecule is Cc1ccc(CCC(C)NC(CO)c2ccco2)cc1. The highest BCUT2D eigenvalue weighted by Crippen LogP contribution is 2.15. The summed E-state index contributed by atoms with van der Waals surface area (Å²) in [5.41, 5.74) is 2.64. The zero-order chi connectivity index (χ0) is 14.4. The van der Waals surface area contributed by atoms with Crippen LogP contribution in [-0.2, 0) is 6.42 Å². The van der Waals surface area contributed by atoms with Crippen LogP contribution in [0.25, 0.3) is 0 Å². The van der Waals surface area contributed by atoms with Gasteiger partial charge in [-0.15, -0.1) is 0 Å². The van der Waals surface area contributed by atoms with Crippen LogP contribution in [0.15, 0.2) is 47.1 Å². The van der Waals surface area contributed by atoms with Gasteiger partial charge in [-0.3, -0.25) is 0 Å². The average Bonchev–Trinajstić information content (AvgIpc) is 2.98. The second kappa shape index (κ2) is 7.27. The molecule has 1 aromatic heterocycles. The lowest BCUT2D eigenvalue weighted by Crippen LogP contribution is -2.32. The number of hydrogen-bond donors (Lipinski definition) is 2. The van der Waals surface area contributed by atoms with Crippen LogP contribution in [0.3, 0.4) is 0 Å². The molecule has 0 amide bonds. The summed E-state index contributed by atoms with van der Waals surface area (Å²) in [6, 6.07) is 12.6. The highest BCUT2D eigenvalue weighted by Gasteiger charge is 2.15. The highest BCUT2D eigenvalue weighted by molar-refractivity contribution is 5.21. The van der Waals surface area contributed by atoms with Gasteiger partial charge in [0.15, 0.2) is 0 Å². The van der Waals surface area contributed by atoms with Crippen LogP contribution in [0, 0.1) is 6.92 Å². The molecule has 0 fully saturated rings. The summed E-state index contributed by atoms with van der Waals surface area (Å²) >= 11 is 0. The van der Waals surface area contributed by atoms with E-state index in [-0.39, 0.29) is 12.6 Å². The Hall–Kier alpha value is -1.58. The van der Waals surface area contributed by atoms with Gasteiger partial charge in [0.25, 0.3) is 0 Å². The number of furan rings is 1. The molecule has 0 aliphatic heterocycles. The van der Waals surface area contributed by atoms with E-state index < -0.39 is 0 Å². The number of rotatable bonds is 7. The first kappa shape index (κ1) is 14.8.